The molecule has 0 nitrogen and oxygen atoms in total. The van der Waals surface area contributed by atoms with Crippen LogP contribution in [0, 0.1) is 23.7 Å². The van der Waals surface area contributed by atoms with Crippen LogP contribution in [0.15, 0.2) is 47.4 Å². The second-order valence-electron chi connectivity index (χ2n) is 7.52. The molecular weight excluding hydrogens is 272 g/mol. The minimum atomic E-state index is 0.902. The van der Waals surface area contributed by atoms with Crippen molar-refractivity contribution < 1.29 is 0 Å². The van der Waals surface area contributed by atoms with Crippen molar-refractivity contribution >= 4 is 22.5 Å². The van der Waals surface area contributed by atoms with Crippen LogP contribution in [0.1, 0.15) is 32.1 Å². The van der Waals surface area contributed by atoms with E-state index in [2.05, 4.69) is 54.2 Å². The monoisotopic (exact) mass is 294 g/mol. The maximum Gasteiger partial charge on any atom is 0.0151 e. The number of fused-ring (bicyclic) bond motifs is 1. The molecule has 2 aromatic carbocycles. The molecule has 4 fully saturated rings. The zero-order valence-electron chi connectivity index (χ0n) is 12.4. The highest BCUT2D eigenvalue weighted by Gasteiger charge is 2.48. The van der Waals surface area contributed by atoms with Crippen molar-refractivity contribution in [2.75, 3.05) is 0 Å². The molecule has 4 aliphatic rings. The first-order valence-electron chi connectivity index (χ1n) is 8.50. The Hall–Kier alpha value is -0.950. The lowest BCUT2D eigenvalue weighted by molar-refractivity contribution is 0.0267. The average Bonchev–Trinajstić information content (AvgIpc) is 2.50. The van der Waals surface area contributed by atoms with Crippen LogP contribution < -0.4 is 0 Å². The lowest BCUT2D eigenvalue weighted by Gasteiger charge is -2.54. The van der Waals surface area contributed by atoms with Gasteiger partial charge in [-0.05, 0) is 78.7 Å². The summed E-state index contributed by atoms with van der Waals surface area (Å²) in [5, 5.41) is 3.66. The SMILES string of the molecule is c1ccc2cc(SC3C4CC5CC(C4)CC3C5)ccc2c1. The molecule has 0 saturated heterocycles. The Labute approximate surface area is 131 Å². The third kappa shape index (κ3) is 2.12. The molecule has 4 aliphatic carbocycles. The first-order valence-corrected chi connectivity index (χ1v) is 9.38. The number of hydrogen-bond donors (Lipinski definition) is 0. The van der Waals surface area contributed by atoms with Crippen LogP contribution in [0.2, 0.25) is 0 Å². The van der Waals surface area contributed by atoms with Gasteiger partial charge in [-0.3, -0.25) is 0 Å². The normalized spacial score (nSPS) is 37.2. The molecule has 0 spiro atoms. The summed E-state index contributed by atoms with van der Waals surface area (Å²) in [6, 6.07) is 15.8. The van der Waals surface area contributed by atoms with Crippen LogP contribution in [-0.2, 0) is 0 Å². The molecule has 0 radical (unpaired) electrons. The molecule has 0 atom stereocenters. The van der Waals surface area contributed by atoms with Crippen molar-refractivity contribution in [2.45, 2.75) is 42.2 Å². The Bertz CT molecular complexity index is 646. The van der Waals surface area contributed by atoms with Crippen LogP contribution in [0.3, 0.4) is 0 Å². The van der Waals surface area contributed by atoms with Gasteiger partial charge in [0.1, 0.15) is 0 Å². The molecular formula is C20H22S. The number of hydrogen-bond acceptors (Lipinski definition) is 1. The number of benzene rings is 2. The van der Waals surface area contributed by atoms with E-state index in [0.717, 1.165) is 28.9 Å². The van der Waals surface area contributed by atoms with E-state index in [9.17, 15) is 0 Å². The Kier molecular flexibility index (Phi) is 2.86. The highest BCUT2D eigenvalue weighted by atomic mass is 32.2. The van der Waals surface area contributed by atoms with Crippen molar-refractivity contribution in [3.63, 3.8) is 0 Å². The first kappa shape index (κ1) is 12.6. The molecule has 6 rings (SSSR count). The molecule has 21 heavy (non-hydrogen) atoms. The fraction of sp³-hybridized carbons (Fsp3) is 0.500. The molecule has 2 aromatic rings. The predicted octanol–water partition coefficient (Wildman–Crippen LogP) is 5.76. The highest BCUT2D eigenvalue weighted by Crippen LogP contribution is 2.58. The van der Waals surface area contributed by atoms with Gasteiger partial charge < -0.3 is 0 Å². The third-order valence-electron chi connectivity index (χ3n) is 6.13. The molecule has 0 N–H and O–H groups in total. The lowest BCUT2D eigenvalue weighted by Crippen LogP contribution is -2.46. The Morgan fingerprint density at radius 1 is 0.714 bits per heavy atom. The van der Waals surface area contributed by atoms with Gasteiger partial charge in [0.2, 0.25) is 0 Å². The van der Waals surface area contributed by atoms with Gasteiger partial charge in [-0.25, -0.2) is 0 Å². The van der Waals surface area contributed by atoms with Crippen LogP contribution >= 0.6 is 11.8 Å². The second kappa shape index (κ2) is 4.78. The summed E-state index contributed by atoms with van der Waals surface area (Å²) in [4.78, 5) is 1.49. The van der Waals surface area contributed by atoms with Gasteiger partial charge in [0.25, 0.3) is 0 Å². The van der Waals surface area contributed by atoms with Crippen molar-refractivity contribution in [3.8, 4) is 0 Å². The van der Waals surface area contributed by atoms with Crippen molar-refractivity contribution in [1.29, 1.82) is 0 Å². The number of thioether (sulfide) groups is 1. The van der Waals surface area contributed by atoms with E-state index in [1.807, 2.05) is 0 Å². The molecule has 108 valence electrons. The van der Waals surface area contributed by atoms with Crippen LogP contribution in [0.4, 0.5) is 0 Å². The zero-order valence-corrected chi connectivity index (χ0v) is 13.2. The molecule has 0 unspecified atom stereocenters. The highest BCUT2D eigenvalue weighted by molar-refractivity contribution is 8.00. The summed E-state index contributed by atoms with van der Waals surface area (Å²) in [6.07, 6.45) is 7.66. The van der Waals surface area contributed by atoms with Gasteiger partial charge in [-0.15, -0.1) is 11.8 Å². The summed E-state index contributed by atoms with van der Waals surface area (Å²) in [6.45, 7) is 0. The lowest BCUT2D eigenvalue weighted by atomic mass is 9.56. The first-order chi connectivity index (χ1) is 10.3. The van der Waals surface area contributed by atoms with Gasteiger partial charge >= 0.3 is 0 Å². The average molecular weight is 294 g/mol. The standard InChI is InChI=1S/C20H22S/c1-2-4-16-12-19(6-5-15(16)3-1)21-20-17-8-13-7-14(10-17)11-18(20)9-13/h1-6,12-14,17-18,20H,7-11H2. The molecule has 4 saturated carbocycles. The Morgan fingerprint density at radius 2 is 1.38 bits per heavy atom. The molecule has 0 aromatic heterocycles. The van der Waals surface area contributed by atoms with Crippen LogP contribution in [0.25, 0.3) is 10.8 Å². The largest absolute Gasteiger partial charge is 0.122 e. The summed E-state index contributed by atoms with van der Waals surface area (Å²) in [7, 11) is 0. The Morgan fingerprint density at radius 3 is 2.10 bits per heavy atom. The van der Waals surface area contributed by atoms with E-state index >= 15 is 0 Å². The van der Waals surface area contributed by atoms with E-state index in [1.165, 1.54) is 41.4 Å². The summed E-state index contributed by atoms with van der Waals surface area (Å²) >= 11 is 2.19. The zero-order chi connectivity index (χ0) is 13.8. The molecule has 4 bridgehead atoms. The third-order valence-corrected chi connectivity index (χ3v) is 7.70. The minimum Gasteiger partial charge on any atom is -0.122 e. The summed E-state index contributed by atoms with van der Waals surface area (Å²) in [5.74, 6) is 4.19. The van der Waals surface area contributed by atoms with E-state index in [0.29, 0.717) is 0 Å². The Balaban J connectivity index is 1.43. The van der Waals surface area contributed by atoms with E-state index in [1.54, 1.807) is 6.42 Å². The molecule has 1 heteroatoms. The molecule has 0 amide bonds. The van der Waals surface area contributed by atoms with Crippen molar-refractivity contribution in [2.24, 2.45) is 23.7 Å². The van der Waals surface area contributed by atoms with Gasteiger partial charge in [-0.2, -0.15) is 0 Å². The summed E-state index contributed by atoms with van der Waals surface area (Å²) < 4.78 is 0. The van der Waals surface area contributed by atoms with Crippen molar-refractivity contribution in [1.82, 2.24) is 0 Å². The van der Waals surface area contributed by atoms with Crippen molar-refractivity contribution in [3.05, 3.63) is 42.5 Å². The maximum absolute atomic E-state index is 2.41. The second-order valence-corrected chi connectivity index (χ2v) is 8.77. The molecule has 0 aliphatic heterocycles. The van der Waals surface area contributed by atoms with Gasteiger partial charge in [0, 0.05) is 10.1 Å². The number of rotatable bonds is 2. The topological polar surface area (TPSA) is 0 Å². The van der Waals surface area contributed by atoms with Crippen LogP contribution in [0.5, 0.6) is 0 Å². The maximum atomic E-state index is 2.41. The molecule has 0 heterocycles. The van der Waals surface area contributed by atoms with Gasteiger partial charge in [-0.1, -0.05) is 30.3 Å². The van der Waals surface area contributed by atoms with E-state index in [4.69, 9.17) is 0 Å². The van der Waals surface area contributed by atoms with E-state index < -0.39 is 0 Å². The van der Waals surface area contributed by atoms with Gasteiger partial charge in [0.15, 0.2) is 0 Å². The minimum absolute atomic E-state index is 0.902. The fourth-order valence-electron chi connectivity index (χ4n) is 5.47. The van der Waals surface area contributed by atoms with E-state index in [-0.39, 0.29) is 0 Å². The predicted molar refractivity (Wildman–Crippen MR) is 90.6 cm³/mol. The quantitative estimate of drug-likeness (QED) is 0.679. The smallest absolute Gasteiger partial charge is 0.0151 e. The summed E-state index contributed by atoms with van der Waals surface area (Å²) in [5.41, 5.74) is 0. The van der Waals surface area contributed by atoms with Gasteiger partial charge in [0.05, 0.1) is 0 Å². The van der Waals surface area contributed by atoms with Crippen LogP contribution in [-0.4, -0.2) is 5.25 Å². The fourth-order valence-corrected chi connectivity index (χ4v) is 6.95.